The van der Waals surface area contributed by atoms with Gasteiger partial charge in [0.2, 0.25) is 5.91 Å². The van der Waals surface area contributed by atoms with Crippen molar-refractivity contribution in [3.05, 3.63) is 71.2 Å². The number of aromatic nitrogens is 4. The van der Waals surface area contributed by atoms with Gasteiger partial charge in [-0.1, -0.05) is 42.1 Å². The summed E-state index contributed by atoms with van der Waals surface area (Å²) in [4.78, 5) is 18.8. The molecule has 3 heterocycles. The lowest BCUT2D eigenvalue weighted by Crippen LogP contribution is -2.23. The van der Waals surface area contributed by atoms with Gasteiger partial charge in [0.05, 0.1) is 24.0 Å². The summed E-state index contributed by atoms with van der Waals surface area (Å²) >= 11 is 3.00. The topological polar surface area (TPSA) is 72.6 Å². The van der Waals surface area contributed by atoms with Gasteiger partial charge in [-0.05, 0) is 36.8 Å². The molecule has 9 heteroatoms. The number of thiazole rings is 1. The third-order valence-corrected chi connectivity index (χ3v) is 7.13. The van der Waals surface area contributed by atoms with Gasteiger partial charge in [-0.2, -0.15) is 0 Å². The number of pyridine rings is 1. The van der Waals surface area contributed by atoms with Crippen LogP contribution in [0.5, 0.6) is 5.75 Å². The molecule has 0 spiro atoms. The Labute approximate surface area is 199 Å². The molecule has 1 amide bonds. The van der Waals surface area contributed by atoms with Crippen molar-refractivity contribution in [3.63, 3.8) is 0 Å². The van der Waals surface area contributed by atoms with Crippen LogP contribution in [0.4, 0.5) is 10.8 Å². The summed E-state index contributed by atoms with van der Waals surface area (Å²) in [5.74, 6) is 1.10. The van der Waals surface area contributed by atoms with Gasteiger partial charge in [-0.3, -0.25) is 14.1 Å². The predicted octanol–water partition coefficient (Wildman–Crippen LogP) is 5.63. The predicted molar refractivity (Wildman–Crippen MR) is 133 cm³/mol. The van der Waals surface area contributed by atoms with Crippen LogP contribution in [0.15, 0.2) is 65.1 Å². The van der Waals surface area contributed by atoms with E-state index in [4.69, 9.17) is 9.72 Å². The molecule has 5 rings (SSSR count). The van der Waals surface area contributed by atoms with Crippen LogP contribution in [-0.4, -0.2) is 32.6 Å². The summed E-state index contributed by atoms with van der Waals surface area (Å²) < 4.78 is 7.53. The van der Waals surface area contributed by atoms with E-state index >= 15 is 0 Å². The van der Waals surface area contributed by atoms with Crippen molar-refractivity contribution in [1.82, 2.24) is 19.6 Å². The smallest absolute Gasteiger partial charge is 0.230 e. The van der Waals surface area contributed by atoms with E-state index < -0.39 is 0 Å². The number of hydrogen-bond acceptors (Lipinski definition) is 7. The standard InChI is InChI=1S/C24H21N5O2S2/c1-15-12-22-26-27-24(29(22)19-9-5-4-8-18(15)19)33-14-17-13-32-23(25-17)28(16(2)30)20-10-6-7-11-21(20)31-3/h4-13H,14H2,1-3H3. The number of thioether (sulfide) groups is 1. The maximum absolute atomic E-state index is 12.5. The minimum absolute atomic E-state index is 0.127. The van der Waals surface area contributed by atoms with E-state index in [1.165, 1.54) is 29.2 Å². The molecule has 33 heavy (non-hydrogen) atoms. The quantitative estimate of drug-likeness (QED) is 0.296. The molecule has 0 atom stereocenters. The lowest BCUT2D eigenvalue weighted by Gasteiger charge is -2.20. The van der Waals surface area contributed by atoms with E-state index in [0.29, 0.717) is 22.3 Å². The van der Waals surface area contributed by atoms with Crippen molar-refractivity contribution >= 4 is 56.4 Å². The number of anilines is 2. The zero-order valence-corrected chi connectivity index (χ0v) is 20.0. The number of benzene rings is 2. The highest BCUT2D eigenvalue weighted by Crippen LogP contribution is 2.36. The molecule has 5 aromatic rings. The number of ether oxygens (including phenoxy) is 1. The molecule has 3 aromatic heterocycles. The molecule has 0 aliphatic rings. The van der Waals surface area contributed by atoms with Crippen molar-refractivity contribution in [2.24, 2.45) is 0 Å². The maximum Gasteiger partial charge on any atom is 0.230 e. The highest BCUT2D eigenvalue weighted by atomic mass is 32.2. The lowest BCUT2D eigenvalue weighted by molar-refractivity contribution is -0.115. The van der Waals surface area contributed by atoms with Gasteiger partial charge < -0.3 is 4.74 Å². The molecule has 7 nitrogen and oxygen atoms in total. The molecular weight excluding hydrogens is 454 g/mol. The first-order chi connectivity index (χ1) is 16.1. The number of aryl methyl sites for hydroxylation is 1. The van der Waals surface area contributed by atoms with Crippen LogP contribution in [0.1, 0.15) is 18.2 Å². The molecule has 166 valence electrons. The number of amides is 1. The van der Waals surface area contributed by atoms with Gasteiger partial charge in [-0.25, -0.2) is 4.98 Å². The van der Waals surface area contributed by atoms with E-state index in [-0.39, 0.29) is 5.91 Å². The normalized spacial score (nSPS) is 11.2. The summed E-state index contributed by atoms with van der Waals surface area (Å²) in [5, 5.41) is 13.3. The summed E-state index contributed by atoms with van der Waals surface area (Å²) in [6.45, 7) is 3.61. The minimum Gasteiger partial charge on any atom is -0.495 e. The van der Waals surface area contributed by atoms with Gasteiger partial charge in [0, 0.05) is 23.4 Å². The number of nitrogens with zero attached hydrogens (tertiary/aromatic N) is 5. The largest absolute Gasteiger partial charge is 0.495 e. The summed E-state index contributed by atoms with van der Waals surface area (Å²) in [7, 11) is 1.59. The third kappa shape index (κ3) is 3.94. The van der Waals surface area contributed by atoms with Crippen LogP contribution in [0.3, 0.4) is 0 Å². The maximum atomic E-state index is 12.5. The van der Waals surface area contributed by atoms with Crippen molar-refractivity contribution in [3.8, 4) is 5.75 Å². The number of fused-ring (bicyclic) bond motifs is 3. The SMILES string of the molecule is COc1ccccc1N(C(C)=O)c1nc(CSc2nnc3cc(C)c4ccccc4n23)cs1. The Morgan fingerprint density at radius 1 is 1.15 bits per heavy atom. The minimum atomic E-state index is -0.127. The van der Waals surface area contributed by atoms with Crippen molar-refractivity contribution in [2.75, 3.05) is 12.0 Å². The fourth-order valence-electron chi connectivity index (χ4n) is 3.79. The van der Waals surface area contributed by atoms with Crippen LogP contribution >= 0.6 is 23.1 Å². The number of methoxy groups -OCH3 is 1. The molecule has 0 aliphatic heterocycles. The Kier molecular flexibility index (Phi) is 5.74. The van der Waals surface area contributed by atoms with E-state index in [1.54, 1.807) is 23.8 Å². The fourth-order valence-corrected chi connectivity index (χ4v) is 5.62. The Hall–Kier alpha value is -3.43. The Morgan fingerprint density at radius 2 is 1.94 bits per heavy atom. The van der Waals surface area contributed by atoms with Crippen LogP contribution < -0.4 is 9.64 Å². The number of hydrogen-bond donors (Lipinski definition) is 0. The van der Waals surface area contributed by atoms with E-state index in [2.05, 4.69) is 39.7 Å². The second kappa shape index (κ2) is 8.84. The molecular formula is C24H21N5O2S2. The molecule has 0 saturated carbocycles. The van der Waals surface area contributed by atoms with Gasteiger partial charge in [-0.15, -0.1) is 21.5 Å². The fraction of sp³-hybridized carbons (Fsp3) is 0.167. The van der Waals surface area contributed by atoms with E-state index in [0.717, 1.165) is 22.0 Å². The summed E-state index contributed by atoms with van der Waals surface area (Å²) in [5.41, 5.74) is 4.62. The van der Waals surface area contributed by atoms with Crippen LogP contribution in [0, 0.1) is 6.92 Å². The third-order valence-electron chi connectivity index (χ3n) is 5.29. The second-order valence-corrected chi connectivity index (χ2v) is 9.24. The van der Waals surface area contributed by atoms with Gasteiger partial charge >= 0.3 is 0 Å². The first kappa shape index (κ1) is 21.4. The first-order valence-corrected chi connectivity index (χ1v) is 12.2. The molecule has 0 radical (unpaired) electrons. The average Bonchev–Trinajstić information content (AvgIpc) is 3.45. The zero-order valence-electron chi connectivity index (χ0n) is 18.3. The summed E-state index contributed by atoms with van der Waals surface area (Å²) in [6, 6.07) is 17.7. The Bertz CT molecular complexity index is 1480. The van der Waals surface area contributed by atoms with Crippen LogP contribution in [0.25, 0.3) is 16.6 Å². The van der Waals surface area contributed by atoms with Crippen molar-refractivity contribution < 1.29 is 9.53 Å². The molecule has 0 aliphatic carbocycles. The molecule has 2 aromatic carbocycles. The monoisotopic (exact) mass is 475 g/mol. The Balaban J connectivity index is 1.43. The average molecular weight is 476 g/mol. The number of para-hydroxylation sites is 3. The van der Waals surface area contributed by atoms with E-state index in [1.807, 2.05) is 41.8 Å². The highest BCUT2D eigenvalue weighted by molar-refractivity contribution is 7.98. The van der Waals surface area contributed by atoms with Crippen molar-refractivity contribution in [1.29, 1.82) is 0 Å². The number of rotatable bonds is 6. The molecule has 0 unspecified atom stereocenters. The number of carbonyl (C=O) groups is 1. The highest BCUT2D eigenvalue weighted by Gasteiger charge is 2.21. The lowest BCUT2D eigenvalue weighted by atomic mass is 10.1. The van der Waals surface area contributed by atoms with Crippen molar-refractivity contribution in [2.45, 2.75) is 24.8 Å². The summed E-state index contributed by atoms with van der Waals surface area (Å²) in [6.07, 6.45) is 0. The first-order valence-electron chi connectivity index (χ1n) is 10.3. The molecule has 0 bridgehead atoms. The van der Waals surface area contributed by atoms with Gasteiger partial charge in [0.1, 0.15) is 5.75 Å². The zero-order chi connectivity index (χ0) is 22.9. The van der Waals surface area contributed by atoms with Crippen LogP contribution in [0.2, 0.25) is 0 Å². The van der Waals surface area contributed by atoms with Gasteiger partial charge in [0.15, 0.2) is 15.9 Å². The van der Waals surface area contributed by atoms with Gasteiger partial charge in [0.25, 0.3) is 0 Å². The molecule has 0 saturated heterocycles. The Morgan fingerprint density at radius 3 is 2.76 bits per heavy atom. The number of carbonyl (C=O) groups excluding carboxylic acids is 1. The molecule has 0 fully saturated rings. The van der Waals surface area contributed by atoms with E-state index in [9.17, 15) is 4.79 Å². The second-order valence-electron chi connectivity index (χ2n) is 7.46. The molecule has 0 N–H and O–H groups in total. The van der Waals surface area contributed by atoms with Crippen LogP contribution in [-0.2, 0) is 10.5 Å².